The van der Waals surface area contributed by atoms with Gasteiger partial charge in [-0.15, -0.1) is 0 Å². The van der Waals surface area contributed by atoms with Crippen LogP contribution in [0.5, 0.6) is 0 Å². The predicted molar refractivity (Wildman–Crippen MR) is 79.5 cm³/mol. The molecule has 1 fully saturated rings. The van der Waals surface area contributed by atoms with Gasteiger partial charge >= 0.3 is 0 Å². The van der Waals surface area contributed by atoms with E-state index in [0.717, 1.165) is 0 Å². The average molecular weight is 312 g/mol. The molecule has 6 atom stereocenters. The molecule has 0 amide bonds. The van der Waals surface area contributed by atoms with Crippen molar-refractivity contribution in [3.63, 3.8) is 0 Å². The van der Waals surface area contributed by atoms with Crippen LogP contribution in [-0.2, 0) is 18.9 Å². The van der Waals surface area contributed by atoms with E-state index in [0.29, 0.717) is 5.56 Å². The van der Waals surface area contributed by atoms with Crippen LogP contribution in [-0.4, -0.2) is 68.7 Å². The number of aliphatic hydroxyl groups is 2. The summed E-state index contributed by atoms with van der Waals surface area (Å²) >= 11 is 0. The van der Waals surface area contributed by atoms with Crippen LogP contribution < -0.4 is 0 Å². The van der Waals surface area contributed by atoms with Crippen molar-refractivity contribution in [1.82, 2.24) is 0 Å². The SMILES string of the molecule is COC[C@H]1O[C@@H]([C@@H](O)c2ccccc2)[C@@H](O)[C@H](OC)[C@@H]1OC. The lowest BCUT2D eigenvalue weighted by atomic mass is 9.89. The Bertz CT molecular complexity index is 440. The van der Waals surface area contributed by atoms with Crippen molar-refractivity contribution in [2.45, 2.75) is 36.6 Å². The molecule has 1 aliphatic rings. The van der Waals surface area contributed by atoms with Crippen molar-refractivity contribution in [3.05, 3.63) is 35.9 Å². The topological polar surface area (TPSA) is 77.4 Å². The average Bonchev–Trinajstić information content (AvgIpc) is 2.56. The molecule has 0 unspecified atom stereocenters. The first kappa shape index (κ1) is 17.3. The molecule has 1 saturated heterocycles. The lowest BCUT2D eigenvalue weighted by Crippen LogP contribution is -2.61. The van der Waals surface area contributed by atoms with Crippen molar-refractivity contribution in [2.75, 3.05) is 27.9 Å². The highest BCUT2D eigenvalue weighted by atomic mass is 16.6. The second kappa shape index (κ2) is 8.01. The number of benzene rings is 1. The summed E-state index contributed by atoms with van der Waals surface area (Å²) in [7, 11) is 4.59. The predicted octanol–water partition coefficient (Wildman–Crippen LogP) is 0.525. The molecule has 22 heavy (non-hydrogen) atoms. The summed E-state index contributed by atoms with van der Waals surface area (Å²) < 4.78 is 21.8. The van der Waals surface area contributed by atoms with Gasteiger partial charge in [-0.2, -0.15) is 0 Å². The zero-order chi connectivity index (χ0) is 16.1. The fourth-order valence-corrected chi connectivity index (χ4v) is 2.91. The highest BCUT2D eigenvalue weighted by Crippen LogP contribution is 2.32. The standard InChI is InChI=1S/C16H24O6/c1-19-9-11-14(20-2)16(21-3)13(18)15(22-11)12(17)10-7-5-4-6-8-10/h4-8,11-18H,9H2,1-3H3/t11-,12+,13-,14-,15+,16+/m1/s1. The molecule has 0 radical (unpaired) electrons. The third kappa shape index (κ3) is 3.48. The molecule has 2 rings (SSSR count). The van der Waals surface area contributed by atoms with Crippen molar-refractivity contribution in [2.24, 2.45) is 0 Å². The molecule has 6 nitrogen and oxygen atoms in total. The number of hydrogen-bond donors (Lipinski definition) is 2. The fraction of sp³-hybridized carbons (Fsp3) is 0.625. The lowest BCUT2D eigenvalue weighted by molar-refractivity contribution is -0.262. The van der Waals surface area contributed by atoms with Gasteiger partial charge in [0, 0.05) is 21.3 Å². The highest BCUT2D eigenvalue weighted by molar-refractivity contribution is 5.19. The molecular weight excluding hydrogens is 288 g/mol. The zero-order valence-electron chi connectivity index (χ0n) is 13.1. The lowest BCUT2D eigenvalue weighted by Gasteiger charge is -2.44. The Kier molecular flexibility index (Phi) is 6.31. The van der Waals surface area contributed by atoms with Gasteiger partial charge in [-0.05, 0) is 5.56 Å². The van der Waals surface area contributed by atoms with Crippen molar-refractivity contribution >= 4 is 0 Å². The van der Waals surface area contributed by atoms with Gasteiger partial charge in [-0.3, -0.25) is 0 Å². The summed E-state index contributed by atoms with van der Waals surface area (Å²) in [6.45, 7) is 0.281. The summed E-state index contributed by atoms with van der Waals surface area (Å²) in [5, 5.41) is 21.1. The molecular formula is C16H24O6. The fourth-order valence-electron chi connectivity index (χ4n) is 2.91. The normalized spacial score (nSPS) is 33.6. The van der Waals surface area contributed by atoms with Crippen LogP contribution in [0.2, 0.25) is 0 Å². The summed E-state index contributed by atoms with van der Waals surface area (Å²) in [4.78, 5) is 0. The number of ether oxygens (including phenoxy) is 4. The molecule has 0 saturated carbocycles. The molecule has 2 N–H and O–H groups in total. The summed E-state index contributed by atoms with van der Waals surface area (Å²) in [5.74, 6) is 0. The number of aliphatic hydroxyl groups excluding tert-OH is 2. The smallest absolute Gasteiger partial charge is 0.117 e. The quantitative estimate of drug-likeness (QED) is 0.798. The maximum absolute atomic E-state index is 10.6. The van der Waals surface area contributed by atoms with Crippen LogP contribution >= 0.6 is 0 Å². The Morgan fingerprint density at radius 3 is 2.27 bits per heavy atom. The van der Waals surface area contributed by atoms with Gasteiger partial charge < -0.3 is 29.2 Å². The van der Waals surface area contributed by atoms with E-state index < -0.39 is 36.6 Å². The number of hydrogen-bond acceptors (Lipinski definition) is 6. The minimum Gasteiger partial charge on any atom is -0.387 e. The van der Waals surface area contributed by atoms with E-state index in [1.54, 1.807) is 19.2 Å². The van der Waals surface area contributed by atoms with Gasteiger partial charge in [0.2, 0.25) is 0 Å². The van der Waals surface area contributed by atoms with E-state index in [9.17, 15) is 10.2 Å². The van der Waals surface area contributed by atoms with Gasteiger partial charge in [-0.25, -0.2) is 0 Å². The zero-order valence-corrected chi connectivity index (χ0v) is 13.1. The molecule has 1 aliphatic heterocycles. The molecule has 1 aromatic rings. The Labute approximate surface area is 130 Å². The molecule has 124 valence electrons. The van der Waals surface area contributed by atoms with Crippen LogP contribution in [0, 0.1) is 0 Å². The van der Waals surface area contributed by atoms with Crippen molar-refractivity contribution < 1.29 is 29.2 Å². The van der Waals surface area contributed by atoms with Crippen LogP contribution in [0.25, 0.3) is 0 Å². The van der Waals surface area contributed by atoms with E-state index >= 15 is 0 Å². The van der Waals surface area contributed by atoms with Gasteiger partial charge in [0.1, 0.15) is 36.6 Å². The second-order valence-electron chi connectivity index (χ2n) is 5.34. The third-order valence-corrected chi connectivity index (χ3v) is 4.02. The summed E-state index contributed by atoms with van der Waals surface area (Å²) in [5.41, 5.74) is 0.674. The maximum atomic E-state index is 10.6. The minimum atomic E-state index is -1.02. The van der Waals surface area contributed by atoms with Crippen LogP contribution in [0.1, 0.15) is 11.7 Å². The third-order valence-electron chi connectivity index (χ3n) is 4.02. The first-order valence-electron chi connectivity index (χ1n) is 7.25. The summed E-state index contributed by atoms with van der Waals surface area (Å²) in [6.07, 6.45) is -4.32. The van der Waals surface area contributed by atoms with Crippen LogP contribution in [0.4, 0.5) is 0 Å². The van der Waals surface area contributed by atoms with E-state index in [2.05, 4.69) is 0 Å². The molecule has 1 heterocycles. The molecule has 0 aromatic heterocycles. The molecule has 0 aliphatic carbocycles. The van der Waals surface area contributed by atoms with Gasteiger partial charge in [0.05, 0.1) is 6.61 Å². The molecule has 6 heteroatoms. The van der Waals surface area contributed by atoms with Gasteiger partial charge in [0.25, 0.3) is 0 Å². The van der Waals surface area contributed by atoms with E-state index in [4.69, 9.17) is 18.9 Å². The minimum absolute atomic E-state index is 0.281. The number of methoxy groups -OCH3 is 3. The summed E-state index contributed by atoms with van der Waals surface area (Å²) in [6, 6.07) is 9.09. The molecule has 0 bridgehead atoms. The highest BCUT2D eigenvalue weighted by Gasteiger charge is 2.48. The molecule has 0 spiro atoms. The Morgan fingerprint density at radius 1 is 1.09 bits per heavy atom. The van der Waals surface area contributed by atoms with E-state index in [1.807, 2.05) is 18.2 Å². The van der Waals surface area contributed by atoms with E-state index in [1.165, 1.54) is 14.2 Å². The maximum Gasteiger partial charge on any atom is 0.117 e. The van der Waals surface area contributed by atoms with Crippen molar-refractivity contribution in [3.8, 4) is 0 Å². The second-order valence-corrected chi connectivity index (χ2v) is 5.34. The Morgan fingerprint density at radius 2 is 1.73 bits per heavy atom. The Hall–Kier alpha value is -1.02. The largest absolute Gasteiger partial charge is 0.387 e. The van der Waals surface area contributed by atoms with Gasteiger partial charge in [0.15, 0.2) is 0 Å². The monoisotopic (exact) mass is 312 g/mol. The molecule has 1 aromatic carbocycles. The first-order chi connectivity index (χ1) is 10.6. The first-order valence-corrected chi connectivity index (χ1v) is 7.25. The van der Waals surface area contributed by atoms with Crippen LogP contribution in [0.3, 0.4) is 0 Å². The Balaban J connectivity index is 2.23. The van der Waals surface area contributed by atoms with Crippen molar-refractivity contribution in [1.29, 1.82) is 0 Å². The number of rotatable bonds is 6. The van der Waals surface area contributed by atoms with Crippen LogP contribution in [0.15, 0.2) is 30.3 Å². The van der Waals surface area contributed by atoms with Gasteiger partial charge in [-0.1, -0.05) is 30.3 Å². The van der Waals surface area contributed by atoms with E-state index in [-0.39, 0.29) is 6.61 Å².